The first-order chi connectivity index (χ1) is 8.46. The van der Waals surface area contributed by atoms with Gasteiger partial charge in [-0.1, -0.05) is 58.9 Å². The van der Waals surface area contributed by atoms with Gasteiger partial charge in [-0.15, -0.1) is 0 Å². The Morgan fingerprint density at radius 1 is 1.06 bits per heavy atom. The fourth-order valence-corrected chi connectivity index (χ4v) is 3.55. The molecule has 0 radical (unpaired) electrons. The lowest BCUT2D eigenvalue weighted by Crippen LogP contribution is -2.15. The van der Waals surface area contributed by atoms with Crippen molar-refractivity contribution in [3.8, 4) is 0 Å². The Morgan fingerprint density at radius 2 is 1.56 bits per heavy atom. The number of hydrogen-bond acceptors (Lipinski definition) is 0. The second-order valence-corrected chi connectivity index (χ2v) is 5.35. The summed E-state index contributed by atoms with van der Waals surface area (Å²) >= 11 is 0. The van der Waals surface area contributed by atoms with E-state index in [1.54, 1.807) is 0 Å². The third kappa shape index (κ3) is 2.96. The van der Waals surface area contributed by atoms with Gasteiger partial charge in [0.1, 0.15) is 0 Å². The second kappa shape index (κ2) is 6.97. The molecule has 0 amide bonds. The lowest BCUT2D eigenvalue weighted by molar-refractivity contribution is 0.430. The molecular weight excluding hydrogens is 216 g/mol. The van der Waals surface area contributed by atoms with E-state index >= 15 is 0 Å². The van der Waals surface area contributed by atoms with E-state index in [4.69, 9.17) is 0 Å². The molecule has 0 aromatic carbocycles. The average molecular weight is 248 g/mol. The molecule has 2 unspecified atom stereocenters. The predicted octanol–water partition coefficient (Wildman–Crippen LogP) is 6.31. The van der Waals surface area contributed by atoms with E-state index < -0.39 is 0 Å². The van der Waals surface area contributed by atoms with Crippen LogP contribution in [0.2, 0.25) is 0 Å². The summed E-state index contributed by atoms with van der Waals surface area (Å²) < 4.78 is 0. The summed E-state index contributed by atoms with van der Waals surface area (Å²) in [4.78, 5) is 0. The van der Waals surface area contributed by atoms with E-state index in [2.05, 4.69) is 33.9 Å². The highest BCUT2D eigenvalue weighted by molar-refractivity contribution is 5.51. The topological polar surface area (TPSA) is 0 Å². The molecule has 1 saturated carbocycles. The molecule has 0 saturated heterocycles. The van der Waals surface area contributed by atoms with Crippen molar-refractivity contribution in [2.24, 2.45) is 11.3 Å². The maximum atomic E-state index is 4.13. The molecule has 0 heterocycles. The molecule has 2 aliphatic rings. The highest BCUT2D eigenvalue weighted by Crippen LogP contribution is 2.60. The van der Waals surface area contributed by atoms with Gasteiger partial charge in [0.05, 0.1) is 0 Å². The first-order valence-corrected chi connectivity index (χ1v) is 7.52. The van der Waals surface area contributed by atoms with Crippen molar-refractivity contribution < 1.29 is 0 Å². The van der Waals surface area contributed by atoms with Gasteiger partial charge in [0, 0.05) is 0 Å². The Bertz CT molecular complexity index is 343. The van der Waals surface area contributed by atoms with Crippen LogP contribution >= 0.6 is 0 Å². The smallest absolute Gasteiger partial charge is 0.00639 e. The fourth-order valence-electron chi connectivity index (χ4n) is 3.55. The summed E-state index contributed by atoms with van der Waals surface area (Å²) in [7, 11) is 0. The third-order valence-corrected chi connectivity index (χ3v) is 3.91. The van der Waals surface area contributed by atoms with Crippen molar-refractivity contribution in [3.63, 3.8) is 0 Å². The largest absolute Gasteiger partial charge is 0.0958 e. The lowest BCUT2D eigenvalue weighted by atomic mass is 9.76. The van der Waals surface area contributed by atoms with Crippen LogP contribution in [0.1, 0.15) is 67.7 Å². The second-order valence-electron chi connectivity index (χ2n) is 5.35. The molecule has 0 N–H and O–H groups in total. The summed E-state index contributed by atoms with van der Waals surface area (Å²) in [6.07, 6.45) is 4.03. The molecule has 18 heavy (non-hydrogen) atoms. The monoisotopic (exact) mass is 248 g/mol. The minimum absolute atomic E-state index is 0.421. The van der Waals surface area contributed by atoms with Crippen molar-refractivity contribution >= 4 is 0 Å². The average Bonchev–Trinajstić information content (AvgIpc) is 2.86. The van der Waals surface area contributed by atoms with Crippen molar-refractivity contribution in [1.82, 2.24) is 0 Å². The highest BCUT2D eigenvalue weighted by atomic mass is 14.5. The minimum atomic E-state index is 0.421. The van der Waals surface area contributed by atoms with Crippen molar-refractivity contribution in [1.29, 1.82) is 0 Å². The van der Waals surface area contributed by atoms with Crippen LogP contribution in [-0.2, 0) is 0 Å². The first-order valence-electron chi connectivity index (χ1n) is 7.52. The van der Waals surface area contributed by atoms with Gasteiger partial charge in [0.2, 0.25) is 0 Å². The number of fused-ring (bicyclic) bond motifs is 2. The van der Waals surface area contributed by atoms with E-state index in [0.29, 0.717) is 5.41 Å². The van der Waals surface area contributed by atoms with Crippen LogP contribution in [0.3, 0.4) is 0 Å². The molecule has 0 nitrogen and oxygen atoms in total. The van der Waals surface area contributed by atoms with Gasteiger partial charge in [-0.05, 0) is 55.6 Å². The molecule has 1 fully saturated rings. The molecule has 0 aromatic heterocycles. The van der Waals surface area contributed by atoms with E-state index in [1.807, 2.05) is 27.7 Å². The lowest BCUT2D eigenvalue weighted by Gasteiger charge is -2.28. The molecule has 2 atom stereocenters. The van der Waals surface area contributed by atoms with Gasteiger partial charge in [-0.25, -0.2) is 0 Å². The van der Waals surface area contributed by atoms with Crippen LogP contribution in [0.25, 0.3) is 0 Å². The Morgan fingerprint density at radius 3 is 1.89 bits per heavy atom. The highest BCUT2D eigenvalue weighted by Gasteiger charge is 2.47. The Hall–Kier alpha value is -0.780. The summed E-state index contributed by atoms with van der Waals surface area (Å²) in [5.41, 5.74) is 6.00. The van der Waals surface area contributed by atoms with Crippen LogP contribution in [0.15, 0.2) is 35.5 Å². The van der Waals surface area contributed by atoms with Gasteiger partial charge in [0.25, 0.3) is 0 Å². The Kier molecular flexibility index (Phi) is 6.67. The van der Waals surface area contributed by atoms with E-state index in [-0.39, 0.29) is 0 Å². The van der Waals surface area contributed by atoms with Crippen LogP contribution in [0.5, 0.6) is 0 Å². The quantitative estimate of drug-likeness (QED) is 0.537. The molecule has 2 aliphatic carbocycles. The number of allylic oxidation sites excluding steroid dienone is 4. The maximum absolute atomic E-state index is 4.13. The minimum Gasteiger partial charge on any atom is -0.0958 e. The molecule has 2 bridgehead atoms. The molecular formula is C18H32. The molecule has 0 spiro atoms. The summed E-state index contributed by atoms with van der Waals surface area (Å²) in [5, 5.41) is 0. The van der Waals surface area contributed by atoms with Gasteiger partial charge < -0.3 is 0 Å². The summed E-state index contributed by atoms with van der Waals surface area (Å²) in [6.45, 7) is 22.9. The molecule has 0 heteroatoms. The molecule has 104 valence electrons. The molecule has 2 rings (SSSR count). The fraction of sp³-hybridized carbons (Fsp3) is 0.667. The van der Waals surface area contributed by atoms with Crippen LogP contribution < -0.4 is 0 Å². The maximum Gasteiger partial charge on any atom is -0.00639 e. The molecule has 0 aromatic rings. The number of rotatable bonds is 2. The third-order valence-electron chi connectivity index (χ3n) is 3.91. The zero-order valence-electron chi connectivity index (χ0n) is 13.6. The first kappa shape index (κ1) is 17.2. The van der Waals surface area contributed by atoms with Gasteiger partial charge in [-0.2, -0.15) is 0 Å². The summed E-state index contributed by atoms with van der Waals surface area (Å²) in [6, 6.07) is 0. The SMILES string of the molecule is C=C(C)C1=C(C(=C)C)C2(C)CCC1C2.CC.CC. The standard InChI is InChI=1S/C14H20.2C2H6/c1-9(2)12-11-6-7-14(5,8-11)13(12)10(3)4;2*1-2/h11H,1,3,6-8H2,2,4-5H3;2*1-2H3. The van der Waals surface area contributed by atoms with Gasteiger partial charge in [0.15, 0.2) is 0 Å². The normalized spacial score (nSPS) is 28.1. The van der Waals surface area contributed by atoms with Crippen LogP contribution in [0, 0.1) is 11.3 Å². The number of hydrogen-bond donors (Lipinski definition) is 0. The van der Waals surface area contributed by atoms with Crippen LogP contribution in [0.4, 0.5) is 0 Å². The van der Waals surface area contributed by atoms with E-state index in [0.717, 1.165) is 5.92 Å². The van der Waals surface area contributed by atoms with Crippen molar-refractivity contribution in [3.05, 3.63) is 35.5 Å². The Balaban J connectivity index is 0.000000659. The van der Waals surface area contributed by atoms with Gasteiger partial charge in [-0.3, -0.25) is 0 Å². The van der Waals surface area contributed by atoms with Crippen molar-refractivity contribution in [2.75, 3.05) is 0 Å². The van der Waals surface area contributed by atoms with E-state index in [9.17, 15) is 0 Å². The zero-order chi connectivity index (χ0) is 14.5. The van der Waals surface area contributed by atoms with Gasteiger partial charge >= 0.3 is 0 Å². The van der Waals surface area contributed by atoms with Crippen molar-refractivity contribution in [2.45, 2.75) is 67.7 Å². The molecule has 0 aliphatic heterocycles. The van der Waals surface area contributed by atoms with E-state index in [1.165, 1.54) is 41.6 Å². The predicted molar refractivity (Wildman–Crippen MR) is 84.8 cm³/mol. The Labute approximate surface area is 115 Å². The summed E-state index contributed by atoms with van der Waals surface area (Å²) in [5.74, 6) is 0.782. The van der Waals surface area contributed by atoms with Crippen LogP contribution in [-0.4, -0.2) is 0 Å². The zero-order valence-corrected chi connectivity index (χ0v) is 13.6.